The van der Waals surface area contributed by atoms with Gasteiger partial charge in [-0.05, 0) is 62.8 Å². The number of anilines is 1. The molecule has 0 aliphatic carbocycles. The first-order valence-corrected chi connectivity index (χ1v) is 9.65. The smallest absolute Gasteiger partial charge is 0.321 e. The molecule has 0 bridgehead atoms. The molecule has 2 saturated heterocycles. The van der Waals surface area contributed by atoms with Crippen molar-refractivity contribution >= 4 is 17.6 Å². The van der Waals surface area contributed by atoms with E-state index in [1.54, 1.807) is 17.0 Å². The lowest BCUT2D eigenvalue weighted by Gasteiger charge is -2.33. The molecule has 2 aliphatic rings. The minimum atomic E-state index is -0.151. The summed E-state index contributed by atoms with van der Waals surface area (Å²) in [6.07, 6.45) is 3.87. The van der Waals surface area contributed by atoms with Gasteiger partial charge in [0.25, 0.3) is 0 Å². The van der Waals surface area contributed by atoms with Crippen LogP contribution in [0.15, 0.2) is 18.2 Å². The second-order valence-electron chi connectivity index (χ2n) is 7.37. The number of likely N-dealkylation sites (tertiary alicyclic amines) is 1. The number of nitrogens with one attached hydrogen (secondary N) is 3. The van der Waals surface area contributed by atoms with Gasteiger partial charge in [-0.1, -0.05) is 6.07 Å². The van der Waals surface area contributed by atoms with Crippen LogP contribution in [0.5, 0.6) is 0 Å². The summed E-state index contributed by atoms with van der Waals surface area (Å²) < 4.78 is 0. The van der Waals surface area contributed by atoms with Gasteiger partial charge in [-0.15, -0.1) is 0 Å². The van der Waals surface area contributed by atoms with E-state index in [0.29, 0.717) is 30.9 Å². The van der Waals surface area contributed by atoms with Crippen molar-refractivity contribution in [1.29, 1.82) is 5.26 Å². The number of carbonyl (C=O) groups excluding carboxylic acids is 2. The predicted octanol–water partition coefficient (Wildman–Crippen LogP) is 1.98. The molecule has 7 heteroatoms. The van der Waals surface area contributed by atoms with Gasteiger partial charge in [0.15, 0.2) is 0 Å². The van der Waals surface area contributed by atoms with E-state index < -0.39 is 0 Å². The van der Waals surface area contributed by atoms with Gasteiger partial charge in [-0.2, -0.15) is 5.26 Å². The highest BCUT2D eigenvalue weighted by Crippen LogP contribution is 2.21. The van der Waals surface area contributed by atoms with Crippen molar-refractivity contribution in [2.24, 2.45) is 5.92 Å². The molecule has 1 aromatic rings. The molecule has 2 aliphatic heterocycles. The third-order valence-corrected chi connectivity index (χ3v) is 5.44. The van der Waals surface area contributed by atoms with Gasteiger partial charge in [0, 0.05) is 25.3 Å². The summed E-state index contributed by atoms with van der Waals surface area (Å²) in [4.78, 5) is 26.6. The summed E-state index contributed by atoms with van der Waals surface area (Å²) in [6, 6.07) is 7.24. The molecule has 2 atom stereocenters. The first kappa shape index (κ1) is 19.2. The zero-order valence-corrected chi connectivity index (χ0v) is 15.8. The maximum atomic E-state index is 12.6. The molecule has 0 aromatic heterocycles. The van der Waals surface area contributed by atoms with Crippen molar-refractivity contribution in [3.8, 4) is 6.07 Å². The number of nitriles is 1. The fourth-order valence-corrected chi connectivity index (χ4v) is 3.78. The topological polar surface area (TPSA) is 97.3 Å². The molecular weight excluding hydrogens is 342 g/mol. The van der Waals surface area contributed by atoms with E-state index in [1.165, 1.54) is 0 Å². The maximum absolute atomic E-state index is 12.6. The molecule has 0 radical (unpaired) electrons. The van der Waals surface area contributed by atoms with Crippen LogP contribution in [0.4, 0.5) is 10.5 Å². The van der Waals surface area contributed by atoms with E-state index in [9.17, 15) is 9.59 Å². The number of benzene rings is 1. The highest BCUT2D eigenvalue weighted by molar-refractivity contribution is 5.90. The number of hydrogen-bond acceptors (Lipinski definition) is 4. The average Bonchev–Trinajstić information content (AvgIpc) is 3.23. The normalized spacial score (nSPS) is 22.1. The van der Waals surface area contributed by atoms with Crippen LogP contribution in [0.1, 0.15) is 36.8 Å². The van der Waals surface area contributed by atoms with Crippen LogP contribution < -0.4 is 16.0 Å². The first-order valence-electron chi connectivity index (χ1n) is 9.65. The van der Waals surface area contributed by atoms with Crippen LogP contribution in [0.3, 0.4) is 0 Å². The zero-order valence-electron chi connectivity index (χ0n) is 15.8. The Morgan fingerprint density at radius 2 is 2.19 bits per heavy atom. The summed E-state index contributed by atoms with van der Waals surface area (Å²) in [5, 5.41) is 18.3. The number of amides is 3. The second kappa shape index (κ2) is 8.87. The fraction of sp³-hybridized carbons (Fsp3) is 0.550. The van der Waals surface area contributed by atoms with Crippen LogP contribution in [0, 0.1) is 24.2 Å². The Morgan fingerprint density at radius 3 is 2.93 bits per heavy atom. The molecule has 144 valence electrons. The summed E-state index contributed by atoms with van der Waals surface area (Å²) in [5.41, 5.74) is 2.01. The van der Waals surface area contributed by atoms with Gasteiger partial charge in [0.2, 0.25) is 5.91 Å². The van der Waals surface area contributed by atoms with Gasteiger partial charge in [0.05, 0.1) is 17.7 Å². The van der Waals surface area contributed by atoms with Crippen LogP contribution in [0.25, 0.3) is 0 Å². The fourth-order valence-electron chi connectivity index (χ4n) is 3.78. The number of piperidine rings is 1. The summed E-state index contributed by atoms with van der Waals surface area (Å²) >= 11 is 0. The molecule has 2 heterocycles. The second-order valence-corrected chi connectivity index (χ2v) is 7.37. The standard InChI is InChI=1S/C20H27N5O2/c1-14-16(11-21)6-2-7-17(14)24-20(27)25-10-4-5-15(13-25)12-23-19(26)18-8-3-9-22-18/h2,6-7,15,18,22H,3-5,8-10,12-13H2,1H3,(H,23,26)(H,24,27). The summed E-state index contributed by atoms with van der Waals surface area (Å²) in [6.45, 7) is 4.67. The average molecular weight is 369 g/mol. The monoisotopic (exact) mass is 369 g/mol. The van der Waals surface area contributed by atoms with Crippen molar-refractivity contribution in [1.82, 2.24) is 15.5 Å². The van der Waals surface area contributed by atoms with Crippen molar-refractivity contribution in [3.05, 3.63) is 29.3 Å². The lowest BCUT2D eigenvalue weighted by atomic mass is 9.98. The maximum Gasteiger partial charge on any atom is 0.321 e. The lowest BCUT2D eigenvalue weighted by Crippen LogP contribution is -2.47. The molecule has 3 rings (SSSR count). The number of rotatable bonds is 4. The quantitative estimate of drug-likeness (QED) is 0.756. The largest absolute Gasteiger partial charge is 0.354 e. The highest BCUT2D eigenvalue weighted by Gasteiger charge is 2.26. The Labute approximate surface area is 160 Å². The van der Waals surface area contributed by atoms with Crippen molar-refractivity contribution in [2.45, 2.75) is 38.6 Å². The number of nitrogens with zero attached hydrogens (tertiary/aromatic N) is 2. The third-order valence-electron chi connectivity index (χ3n) is 5.44. The molecule has 27 heavy (non-hydrogen) atoms. The minimum Gasteiger partial charge on any atom is -0.354 e. The number of carbonyl (C=O) groups is 2. The van der Waals surface area contributed by atoms with Crippen molar-refractivity contribution in [2.75, 3.05) is 31.5 Å². The van der Waals surface area contributed by atoms with E-state index in [2.05, 4.69) is 22.0 Å². The Morgan fingerprint density at radius 1 is 1.33 bits per heavy atom. The molecular formula is C20H27N5O2. The molecule has 0 spiro atoms. The van der Waals surface area contributed by atoms with Crippen LogP contribution in [-0.2, 0) is 4.79 Å². The Kier molecular flexibility index (Phi) is 6.30. The van der Waals surface area contributed by atoms with Crippen molar-refractivity contribution in [3.63, 3.8) is 0 Å². The van der Waals surface area contributed by atoms with E-state index in [0.717, 1.165) is 37.8 Å². The SMILES string of the molecule is Cc1c(C#N)cccc1NC(=O)N1CCCC(CNC(=O)C2CCCN2)C1. The van der Waals surface area contributed by atoms with E-state index in [1.807, 2.05) is 13.0 Å². The van der Waals surface area contributed by atoms with E-state index in [-0.39, 0.29) is 23.9 Å². The molecule has 2 unspecified atom stereocenters. The molecule has 1 aromatic carbocycles. The van der Waals surface area contributed by atoms with Gasteiger partial charge < -0.3 is 20.9 Å². The lowest BCUT2D eigenvalue weighted by molar-refractivity contribution is -0.123. The van der Waals surface area contributed by atoms with Crippen LogP contribution >= 0.6 is 0 Å². The summed E-state index contributed by atoms with van der Waals surface area (Å²) in [5.74, 6) is 0.333. The highest BCUT2D eigenvalue weighted by atomic mass is 16.2. The summed E-state index contributed by atoms with van der Waals surface area (Å²) in [7, 11) is 0. The van der Waals surface area contributed by atoms with Gasteiger partial charge in [0.1, 0.15) is 0 Å². The van der Waals surface area contributed by atoms with E-state index >= 15 is 0 Å². The van der Waals surface area contributed by atoms with Crippen LogP contribution in [0.2, 0.25) is 0 Å². The predicted molar refractivity (Wildman–Crippen MR) is 103 cm³/mol. The van der Waals surface area contributed by atoms with Gasteiger partial charge in [-0.3, -0.25) is 4.79 Å². The van der Waals surface area contributed by atoms with Crippen molar-refractivity contribution < 1.29 is 9.59 Å². The molecule has 7 nitrogen and oxygen atoms in total. The van der Waals surface area contributed by atoms with Crippen LogP contribution in [-0.4, -0.2) is 49.1 Å². The van der Waals surface area contributed by atoms with Gasteiger partial charge in [-0.25, -0.2) is 4.79 Å². The number of urea groups is 1. The molecule has 3 amide bonds. The Balaban J connectivity index is 1.52. The Hall–Kier alpha value is -2.59. The molecule has 0 saturated carbocycles. The van der Waals surface area contributed by atoms with Gasteiger partial charge >= 0.3 is 6.03 Å². The third kappa shape index (κ3) is 4.77. The first-order chi connectivity index (χ1) is 13.1. The zero-order chi connectivity index (χ0) is 19.2. The van der Waals surface area contributed by atoms with E-state index in [4.69, 9.17) is 5.26 Å². The molecule has 2 fully saturated rings. The molecule has 3 N–H and O–H groups in total. The Bertz CT molecular complexity index is 736. The number of hydrogen-bond donors (Lipinski definition) is 3. The minimum absolute atomic E-state index is 0.0663.